The fourth-order valence-corrected chi connectivity index (χ4v) is 2.99. The van der Waals surface area contributed by atoms with E-state index in [1.54, 1.807) is 0 Å². The van der Waals surface area contributed by atoms with Gasteiger partial charge in [0.2, 0.25) is 6.41 Å². The molecule has 27 heavy (non-hydrogen) atoms. The molecule has 0 unspecified atom stereocenters. The molecule has 0 heterocycles. The van der Waals surface area contributed by atoms with Gasteiger partial charge in [-0.15, -0.1) is 0 Å². The summed E-state index contributed by atoms with van der Waals surface area (Å²) in [7, 11) is 0. The van der Waals surface area contributed by atoms with Crippen molar-refractivity contribution in [1.82, 2.24) is 0 Å². The van der Waals surface area contributed by atoms with E-state index in [4.69, 9.17) is 11.6 Å². The Morgan fingerprint density at radius 3 is 2.19 bits per heavy atom. The van der Waals surface area contributed by atoms with Gasteiger partial charge in [0.15, 0.2) is 0 Å². The molecule has 2 aromatic carbocycles. The first-order valence-electron chi connectivity index (χ1n) is 6.71. The maximum absolute atomic E-state index is 13.5. The number of halogens is 5. The Kier molecular flexibility index (Phi) is 5.70. The molecule has 0 aliphatic heterocycles. The number of nitro groups is 2. The van der Waals surface area contributed by atoms with Crippen molar-refractivity contribution in [3.63, 3.8) is 0 Å². The number of hydrogen-bond acceptors (Lipinski definition) is 5. The highest BCUT2D eigenvalue weighted by Crippen LogP contribution is 2.47. The van der Waals surface area contributed by atoms with Crippen molar-refractivity contribution in [1.29, 1.82) is 0 Å². The van der Waals surface area contributed by atoms with Crippen LogP contribution in [0, 0.1) is 20.2 Å². The van der Waals surface area contributed by atoms with Gasteiger partial charge in [-0.2, -0.15) is 13.2 Å². The molecule has 0 aliphatic carbocycles. The van der Waals surface area contributed by atoms with Crippen LogP contribution >= 0.6 is 27.5 Å². The quantitative estimate of drug-likeness (QED) is 0.339. The fourth-order valence-electron chi connectivity index (χ4n) is 2.22. The number of anilines is 2. The minimum Gasteiger partial charge on any atom is -0.278 e. The number of nitro benzene ring substituents is 2. The molecule has 8 nitrogen and oxygen atoms in total. The number of nitrogens with zero attached hydrogens (tertiary/aromatic N) is 3. The highest BCUT2D eigenvalue weighted by atomic mass is 79.9. The molecule has 0 saturated carbocycles. The molecule has 0 radical (unpaired) electrons. The first kappa shape index (κ1) is 20.6. The van der Waals surface area contributed by atoms with Crippen LogP contribution in [0.3, 0.4) is 0 Å². The molecule has 13 heteroatoms. The Hall–Kier alpha value is -2.73. The van der Waals surface area contributed by atoms with E-state index in [0.717, 1.165) is 6.07 Å². The lowest BCUT2D eigenvalue weighted by atomic mass is 10.1. The van der Waals surface area contributed by atoms with Crippen molar-refractivity contribution in [2.45, 2.75) is 6.18 Å². The van der Waals surface area contributed by atoms with Crippen LogP contribution in [0.2, 0.25) is 5.02 Å². The maximum Gasteiger partial charge on any atom is 0.418 e. The summed E-state index contributed by atoms with van der Waals surface area (Å²) in [4.78, 5) is 31.6. The fraction of sp³-hybridized carbons (Fsp3) is 0.0714. The minimum absolute atomic E-state index is 0.0987. The van der Waals surface area contributed by atoms with Gasteiger partial charge in [0.05, 0.1) is 32.2 Å². The minimum atomic E-state index is -5.23. The monoisotopic (exact) mass is 467 g/mol. The van der Waals surface area contributed by atoms with E-state index in [0.29, 0.717) is 15.4 Å². The van der Waals surface area contributed by atoms with Crippen molar-refractivity contribution >= 4 is 56.7 Å². The zero-order valence-corrected chi connectivity index (χ0v) is 15.1. The Bertz CT molecular complexity index is 954. The molecule has 1 amide bonds. The summed E-state index contributed by atoms with van der Waals surface area (Å²) < 4.78 is 40.9. The third-order valence-electron chi connectivity index (χ3n) is 3.30. The average molecular weight is 469 g/mol. The Morgan fingerprint density at radius 2 is 1.74 bits per heavy atom. The second-order valence-corrected chi connectivity index (χ2v) is 6.27. The predicted molar refractivity (Wildman–Crippen MR) is 92.1 cm³/mol. The van der Waals surface area contributed by atoms with Crippen molar-refractivity contribution in [3.05, 3.63) is 65.6 Å². The summed E-state index contributed by atoms with van der Waals surface area (Å²) in [6.07, 6.45) is -5.33. The standard InChI is InChI=1S/C14H6BrClF3N3O5/c15-7-1-2-11(10(16)3-7)20(6-23)13-9(14(17,18)19)4-8(21(24)25)5-12(13)22(26)27/h1-6H. The number of amides is 1. The van der Waals surface area contributed by atoms with E-state index in [1.165, 1.54) is 12.1 Å². The van der Waals surface area contributed by atoms with Gasteiger partial charge >= 0.3 is 11.9 Å². The lowest BCUT2D eigenvalue weighted by molar-refractivity contribution is -0.394. The van der Waals surface area contributed by atoms with E-state index in [9.17, 15) is 38.2 Å². The third kappa shape index (κ3) is 4.17. The maximum atomic E-state index is 13.5. The summed E-state index contributed by atoms with van der Waals surface area (Å²) >= 11 is 9.02. The van der Waals surface area contributed by atoms with Gasteiger partial charge in [-0.05, 0) is 18.2 Å². The lowest BCUT2D eigenvalue weighted by Gasteiger charge is -2.22. The molecule has 0 saturated heterocycles. The Morgan fingerprint density at radius 1 is 1.11 bits per heavy atom. The molecular weight excluding hydrogens is 463 g/mol. The van der Waals surface area contributed by atoms with Crippen LogP contribution in [-0.4, -0.2) is 16.3 Å². The third-order valence-corrected chi connectivity index (χ3v) is 4.10. The van der Waals surface area contributed by atoms with Gasteiger partial charge in [-0.1, -0.05) is 27.5 Å². The normalized spacial score (nSPS) is 11.1. The zero-order valence-electron chi connectivity index (χ0n) is 12.7. The first-order valence-corrected chi connectivity index (χ1v) is 7.88. The smallest absolute Gasteiger partial charge is 0.278 e. The van der Waals surface area contributed by atoms with Crippen molar-refractivity contribution in [3.8, 4) is 0 Å². The van der Waals surface area contributed by atoms with Crippen LogP contribution in [0.25, 0.3) is 0 Å². The summed E-state index contributed by atoms with van der Waals surface area (Å²) in [6, 6.07) is 4.23. The van der Waals surface area contributed by atoms with E-state index in [1.807, 2.05) is 0 Å². The largest absolute Gasteiger partial charge is 0.418 e. The van der Waals surface area contributed by atoms with Gasteiger partial charge < -0.3 is 0 Å². The summed E-state index contributed by atoms with van der Waals surface area (Å²) in [5, 5.41) is 22.0. The number of rotatable bonds is 5. The number of alkyl halides is 3. The van der Waals surface area contributed by atoms with Crippen molar-refractivity contribution in [2.75, 3.05) is 4.90 Å². The molecule has 0 atom stereocenters. The van der Waals surface area contributed by atoms with E-state index in [2.05, 4.69) is 15.9 Å². The number of hydrogen-bond donors (Lipinski definition) is 0. The van der Waals surface area contributed by atoms with Gasteiger partial charge in [-0.25, -0.2) is 0 Å². The highest BCUT2D eigenvalue weighted by molar-refractivity contribution is 9.10. The average Bonchev–Trinajstić information content (AvgIpc) is 2.55. The first-order chi connectivity index (χ1) is 12.5. The number of non-ortho nitro benzene ring substituents is 1. The van der Waals surface area contributed by atoms with Crippen molar-refractivity contribution in [2.24, 2.45) is 0 Å². The Labute approximate surface area is 161 Å². The highest BCUT2D eigenvalue weighted by Gasteiger charge is 2.42. The number of carbonyl (C=O) groups is 1. The second-order valence-electron chi connectivity index (χ2n) is 4.94. The molecule has 0 aromatic heterocycles. The van der Waals surface area contributed by atoms with Crippen LogP contribution in [0.4, 0.5) is 35.9 Å². The van der Waals surface area contributed by atoms with Gasteiger partial charge in [0, 0.05) is 10.5 Å². The molecule has 0 bridgehead atoms. The number of carbonyl (C=O) groups excluding carboxylic acids is 1. The predicted octanol–water partition coefficient (Wildman–Crippen LogP) is 5.23. The molecule has 2 aromatic rings. The van der Waals surface area contributed by atoms with Crippen LogP contribution in [0.15, 0.2) is 34.8 Å². The molecule has 142 valence electrons. The molecule has 0 spiro atoms. The van der Waals surface area contributed by atoms with Crippen LogP contribution in [0.1, 0.15) is 5.56 Å². The molecule has 0 fully saturated rings. The van der Waals surface area contributed by atoms with E-state index < -0.39 is 38.6 Å². The second kappa shape index (κ2) is 7.48. The zero-order chi connectivity index (χ0) is 20.5. The number of benzene rings is 2. The molecule has 0 aliphatic rings. The van der Waals surface area contributed by atoms with Crippen LogP contribution < -0.4 is 4.90 Å². The lowest BCUT2D eigenvalue weighted by Crippen LogP contribution is -2.21. The van der Waals surface area contributed by atoms with Gasteiger partial charge in [0.1, 0.15) is 5.69 Å². The van der Waals surface area contributed by atoms with Crippen molar-refractivity contribution < 1.29 is 27.8 Å². The summed E-state index contributed by atoms with van der Waals surface area (Å²) in [5.41, 5.74) is -5.61. The topological polar surface area (TPSA) is 107 Å². The molecular formula is C14H6BrClF3N3O5. The SMILES string of the molecule is O=CN(c1ccc(Br)cc1Cl)c1c([N+](=O)[O-])cc([N+](=O)[O-])cc1C(F)(F)F. The molecule has 0 N–H and O–H groups in total. The molecule has 2 rings (SSSR count). The van der Waals surface area contributed by atoms with Gasteiger partial charge in [-0.3, -0.25) is 29.9 Å². The summed E-state index contributed by atoms with van der Waals surface area (Å²) in [6.45, 7) is 0. The van der Waals surface area contributed by atoms with Crippen LogP contribution in [-0.2, 0) is 11.0 Å². The van der Waals surface area contributed by atoms with E-state index in [-0.39, 0.29) is 23.2 Å². The van der Waals surface area contributed by atoms with E-state index >= 15 is 0 Å². The van der Waals surface area contributed by atoms with Gasteiger partial charge in [0.25, 0.3) is 5.69 Å². The summed E-state index contributed by atoms with van der Waals surface area (Å²) in [5.74, 6) is 0. The van der Waals surface area contributed by atoms with Crippen LogP contribution in [0.5, 0.6) is 0 Å². The Balaban J connectivity index is 2.92.